The minimum Gasteiger partial charge on any atom is -0.544 e. The van der Waals surface area contributed by atoms with Gasteiger partial charge in [-0.1, -0.05) is 44.2 Å². The molecular formula is C24H30O6Si. The minimum atomic E-state index is -1.97. The van der Waals surface area contributed by atoms with Crippen LogP contribution in [-0.2, 0) is 20.9 Å². The lowest BCUT2D eigenvalue weighted by Crippen LogP contribution is -2.35. The van der Waals surface area contributed by atoms with Crippen molar-refractivity contribution in [2.75, 3.05) is 0 Å². The topological polar surface area (TPSA) is 82.1 Å². The largest absolute Gasteiger partial charge is 0.544 e. The van der Waals surface area contributed by atoms with E-state index in [0.29, 0.717) is 29.6 Å². The van der Waals surface area contributed by atoms with E-state index in [1.165, 1.54) is 6.08 Å². The number of rotatable bonds is 10. The third kappa shape index (κ3) is 8.30. The summed E-state index contributed by atoms with van der Waals surface area (Å²) in [6.45, 7) is 10.1. The van der Waals surface area contributed by atoms with E-state index >= 15 is 0 Å². The number of ether oxygens (including phenoxy) is 2. The molecule has 0 fully saturated rings. The second-order valence-electron chi connectivity index (χ2n) is 8.34. The SMILES string of the molecule is CC(=O)OC(=Cc1cc(O[Si](C)(C)CC(C)C)ccc1OCc1ccccc1)C(=O)O. The standard InChI is InChI=1S/C24H30O6Si/c1-17(2)16-31(4,5)30-21-11-12-22(28-15-19-9-7-6-8-10-19)20(13-21)14-23(24(26)27)29-18(3)25/h6-14,17H,15-16H2,1-5H3,(H,26,27). The molecule has 166 valence electrons. The van der Waals surface area contributed by atoms with Gasteiger partial charge in [0.25, 0.3) is 0 Å². The highest BCUT2D eigenvalue weighted by Crippen LogP contribution is 2.30. The fraction of sp³-hybridized carbons (Fsp3) is 0.333. The first kappa shape index (κ1) is 24.2. The summed E-state index contributed by atoms with van der Waals surface area (Å²) in [5.74, 6) is -0.929. The van der Waals surface area contributed by atoms with Gasteiger partial charge in [0, 0.05) is 12.5 Å². The highest BCUT2D eigenvalue weighted by molar-refractivity contribution is 6.71. The Morgan fingerprint density at radius 2 is 1.77 bits per heavy atom. The van der Waals surface area contributed by atoms with Crippen molar-refractivity contribution in [1.29, 1.82) is 0 Å². The lowest BCUT2D eigenvalue weighted by Gasteiger charge is -2.26. The third-order valence-corrected chi connectivity index (χ3v) is 6.85. The van der Waals surface area contributed by atoms with Gasteiger partial charge in [0.2, 0.25) is 14.1 Å². The monoisotopic (exact) mass is 442 g/mol. The zero-order valence-electron chi connectivity index (χ0n) is 18.7. The molecule has 6 nitrogen and oxygen atoms in total. The van der Waals surface area contributed by atoms with E-state index in [9.17, 15) is 14.7 Å². The van der Waals surface area contributed by atoms with Crippen molar-refractivity contribution in [1.82, 2.24) is 0 Å². The summed E-state index contributed by atoms with van der Waals surface area (Å²) in [6.07, 6.45) is 1.29. The molecule has 2 aromatic rings. The van der Waals surface area contributed by atoms with Crippen molar-refractivity contribution >= 4 is 26.3 Å². The fourth-order valence-electron chi connectivity index (χ4n) is 3.34. The minimum absolute atomic E-state index is 0.311. The number of esters is 1. The van der Waals surface area contributed by atoms with Crippen LogP contribution in [-0.4, -0.2) is 25.4 Å². The molecule has 2 rings (SSSR count). The molecule has 0 aliphatic heterocycles. The van der Waals surface area contributed by atoms with Crippen molar-refractivity contribution in [2.24, 2.45) is 5.92 Å². The van der Waals surface area contributed by atoms with Crippen molar-refractivity contribution in [3.63, 3.8) is 0 Å². The van der Waals surface area contributed by atoms with Crippen LogP contribution in [0.2, 0.25) is 19.1 Å². The summed E-state index contributed by atoms with van der Waals surface area (Å²) < 4.78 is 17.1. The van der Waals surface area contributed by atoms with Gasteiger partial charge in [-0.3, -0.25) is 4.79 Å². The molecule has 0 spiro atoms. The summed E-state index contributed by atoms with van der Waals surface area (Å²) >= 11 is 0. The number of hydrogen-bond donors (Lipinski definition) is 1. The summed E-state index contributed by atoms with van der Waals surface area (Å²) in [5.41, 5.74) is 1.43. The number of carbonyl (C=O) groups excluding carboxylic acids is 1. The van der Waals surface area contributed by atoms with Gasteiger partial charge in [-0.15, -0.1) is 0 Å². The molecule has 0 unspecified atom stereocenters. The van der Waals surface area contributed by atoms with Gasteiger partial charge in [0.05, 0.1) is 0 Å². The van der Waals surface area contributed by atoms with Gasteiger partial charge >= 0.3 is 11.9 Å². The zero-order chi connectivity index (χ0) is 23.0. The highest BCUT2D eigenvalue weighted by Gasteiger charge is 2.26. The summed E-state index contributed by atoms with van der Waals surface area (Å²) in [6, 6.07) is 15.9. The zero-order valence-corrected chi connectivity index (χ0v) is 19.7. The molecule has 0 aliphatic rings. The lowest BCUT2D eigenvalue weighted by atomic mass is 10.1. The molecule has 31 heavy (non-hydrogen) atoms. The average Bonchev–Trinajstić information content (AvgIpc) is 2.66. The predicted molar refractivity (Wildman–Crippen MR) is 122 cm³/mol. The quantitative estimate of drug-likeness (QED) is 0.227. The van der Waals surface area contributed by atoms with Gasteiger partial charge in [-0.2, -0.15) is 0 Å². The second-order valence-corrected chi connectivity index (χ2v) is 12.5. The van der Waals surface area contributed by atoms with Crippen LogP contribution in [0.3, 0.4) is 0 Å². The van der Waals surface area contributed by atoms with Crippen LogP contribution >= 0.6 is 0 Å². The smallest absolute Gasteiger partial charge is 0.371 e. The Morgan fingerprint density at radius 3 is 2.35 bits per heavy atom. The van der Waals surface area contributed by atoms with E-state index in [1.54, 1.807) is 12.1 Å². The maximum absolute atomic E-state index is 11.6. The molecule has 1 N–H and O–H groups in total. The molecule has 0 amide bonds. The normalized spacial score (nSPS) is 11.9. The van der Waals surface area contributed by atoms with Gasteiger partial charge in [-0.05, 0) is 54.9 Å². The van der Waals surface area contributed by atoms with Crippen molar-refractivity contribution in [3.8, 4) is 11.5 Å². The van der Waals surface area contributed by atoms with E-state index in [4.69, 9.17) is 13.9 Å². The summed E-state index contributed by atoms with van der Waals surface area (Å²) in [5, 5.41) is 9.43. The van der Waals surface area contributed by atoms with Crippen LogP contribution in [0.25, 0.3) is 6.08 Å². The fourth-order valence-corrected chi connectivity index (χ4v) is 6.16. The van der Waals surface area contributed by atoms with E-state index in [-0.39, 0.29) is 0 Å². The number of carboxylic acid groups (broad SMARTS) is 1. The molecule has 0 saturated carbocycles. The molecule has 0 heterocycles. The molecule has 7 heteroatoms. The van der Waals surface area contributed by atoms with Crippen LogP contribution in [0.5, 0.6) is 11.5 Å². The van der Waals surface area contributed by atoms with Gasteiger partial charge in [-0.25, -0.2) is 4.79 Å². The Labute approximate surface area is 184 Å². The molecular weight excluding hydrogens is 412 g/mol. The van der Waals surface area contributed by atoms with Crippen LogP contribution in [0.15, 0.2) is 54.3 Å². The Kier molecular flexibility index (Phi) is 8.44. The molecule has 0 aliphatic carbocycles. The van der Waals surface area contributed by atoms with E-state index in [0.717, 1.165) is 18.5 Å². The number of carboxylic acids is 1. The Balaban J connectivity index is 2.39. The lowest BCUT2D eigenvalue weighted by molar-refractivity contribution is -0.146. The maximum Gasteiger partial charge on any atom is 0.371 e. The molecule has 0 bridgehead atoms. The summed E-state index contributed by atoms with van der Waals surface area (Å²) in [4.78, 5) is 22.9. The number of hydrogen-bond acceptors (Lipinski definition) is 5. The third-order valence-electron chi connectivity index (χ3n) is 4.26. The molecule has 0 radical (unpaired) electrons. The first-order valence-corrected chi connectivity index (χ1v) is 13.3. The van der Waals surface area contributed by atoms with Crippen LogP contribution in [0.4, 0.5) is 0 Å². The van der Waals surface area contributed by atoms with Crippen LogP contribution < -0.4 is 9.16 Å². The Morgan fingerprint density at radius 1 is 1.10 bits per heavy atom. The Bertz CT molecular complexity index is 934. The number of aliphatic carboxylic acids is 1. The second kappa shape index (κ2) is 10.8. The first-order chi connectivity index (χ1) is 14.6. The average molecular weight is 443 g/mol. The molecule has 0 saturated heterocycles. The van der Waals surface area contributed by atoms with Gasteiger partial charge in [0.15, 0.2) is 0 Å². The first-order valence-electron chi connectivity index (χ1n) is 10.2. The predicted octanol–water partition coefficient (Wildman–Crippen LogP) is 5.49. The van der Waals surface area contributed by atoms with Crippen molar-refractivity contribution < 1.29 is 28.6 Å². The van der Waals surface area contributed by atoms with E-state index in [1.807, 2.05) is 36.4 Å². The molecule has 0 aromatic heterocycles. The van der Waals surface area contributed by atoms with Gasteiger partial charge < -0.3 is 19.0 Å². The molecule has 0 atom stereocenters. The number of carbonyl (C=O) groups is 2. The van der Waals surface area contributed by atoms with Gasteiger partial charge in [0.1, 0.15) is 18.1 Å². The molecule has 2 aromatic carbocycles. The van der Waals surface area contributed by atoms with Crippen molar-refractivity contribution in [2.45, 2.75) is 46.5 Å². The number of benzene rings is 2. The summed E-state index contributed by atoms with van der Waals surface area (Å²) in [7, 11) is -1.97. The Hall–Kier alpha value is -3.06. The van der Waals surface area contributed by atoms with Crippen LogP contribution in [0.1, 0.15) is 31.9 Å². The van der Waals surface area contributed by atoms with E-state index < -0.39 is 26.0 Å². The highest BCUT2D eigenvalue weighted by atomic mass is 28.4. The van der Waals surface area contributed by atoms with Crippen LogP contribution in [0, 0.1) is 5.92 Å². The van der Waals surface area contributed by atoms with Crippen molar-refractivity contribution in [3.05, 3.63) is 65.4 Å². The maximum atomic E-state index is 11.6. The van der Waals surface area contributed by atoms with E-state index in [2.05, 4.69) is 26.9 Å².